The van der Waals surface area contributed by atoms with Gasteiger partial charge in [-0.2, -0.15) is 13.2 Å². The molecular formula is C22H17F3N4O2. The summed E-state index contributed by atoms with van der Waals surface area (Å²) in [5.41, 5.74) is 0.823. The molecule has 0 aliphatic carbocycles. The fraction of sp³-hybridized carbons (Fsp3) is 0.136. The number of para-hydroxylation sites is 1. The number of nitrogens with one attached hydrogen (secondary N) is 1. The van der Waals surface area contributed by atoms with E-state index in [4.69, 9.17) is 4.74 Å². The summed E-state index contributed by atoms with van der Waals surface area (Å²) in [6.07, 6.45) is 1.98. The number of hydrogen-bond acceptors (Lipinski definition) is 4. The van der Waals surface area contributed by atoms with Crippen LogP contribution in [0.5, 0.6) is 0 Å². The second-order valence-corrected chi connectivity index (χ2v) is 6.73. The Morgan fingerprint density at radius 3 is 2.68 bits per heavy atom. The molecule has 0 fully saturated rings. The van der Waals surface area contributed by atoms with Crippen molar-refractivity contribution in [1.82, 2.24) is 14.5 Å². The van der Waals surface area contributed by atoms with Crippen LogP contribution in [0.2, 0.25) is 0 Å². The lowest BCUT2D eigenvalue weighted by molar-refractivity contribution is -0.137. The van der Waals surface area contributed by atoms with Crippen LogP contribution >= 0.6 is 0 Å². The molecule has 2 aromatic heterocycles. The zero-order valence-electron chi connectivity index (χ0n) is 16.3. The van der Waals surface area contributed by atoms with Gasteiger partial charge in [0.15, 0.2) is 0 Å². The molecule has 0 bridgehead atoms. The highest BCUT2D eigenvalue weighted by atomic mass is 19.4. The maximum absolute atomic E-state index is 13.3. The molecule has 0 saturated carbocycles. The molecule has 1 amide bonds. The molecule has 1 N–H and O–H groups in total. The molecular weight excluding hydrogens is 409 g/mol. The van der Waals surface area contributed by atoms with Gasteiger partial charge in [-0.25, -0.2) is 4.98 Å². The molecule has 0 saturated heterocycles. The molecule has 9 heteroatoms. The van der Waals surface area contributed by atoms with E-state index in [9.17, 15) is 18.0 Å². The third-order valence-electron chi connectivity index (χ3n) is 4.73. The second-order valence-electron chi connectivity index (χ2n) is 6.73. The number of halogens is 3. The number of ether oxygens (including phenoxy) is 1. The number of nitrogens with zero attached hydrogens (tertiary/aromatic N) is 3. The quantitative estimate of drug-likeness (QED) is 0.496. The topological polar surface area (TPSA) is 69.0 Å². The van der Waals surface area contributed by atoms with Crippen molar-refractivity contribution in [3.8, 4) is 5.69 Å². The molecule has 0 aliphatic rings. The minimum atomic E-state index is -4.64. The number of rotatable bonds is 5. The van der Waals surface area contributed by atoms with Gasteiger partial charge in [-0.1, -0.05) is 24.3 Å². The van der Waals surface area contributed by atoms with E-state index in [0.29, 0.717) is 23.2 Å². The molecule has 0 spiro atoms. The predicted octanol–water partition coefficient (Wildman–Crippen LogP) is 4.84. The Hall–Kier alpha value is -3.72. The Morgan fingerprint density at radius 1 is 1.16 bits per heavy atom. The van der Waals surface area contributed by atoms with E-state index < -0.39 is 23.2 Å². The van der Waals surface area contributed by atoms with E-state index in [1.165, 1.54) is 12.1 Å². The number of anilines is 1. The molecule has 6 nitrogen and oxygen atoms in total. The van der Waals surface area contributed by atoms with E-state index in [0.717, 1.165) is 23.4 Å². The van der Waals surface area contributed by atoms with Crippen LogP contribution in [-0.2, 0) is 17.5 Å². The molecule has 4 rings (SSSR count). The number of fused-ring (bicyclic) bond motifs is 1. The van der Waals surface area contributed by atoms with Gasteiger partial charge in [0.2, 0.25) is 0 Å². The summed E-state index contributed by atoms with van der Waals surface area (Å²) in [5, 5.41) is 3.27. The number of alkyl halides is 3. The lowest BCUT2D eigenvalue weighted by Gasteiger charge is -2.16. The van der Waals surface area contributed by atoms with Crippen LogP contribution < -0.4 is 5.32 Å². The Kier molecular flexibility index (Phi) is 5.43. The van der Waals surface area contributed by atoms with E-state index in [1.54, 1.807) is 48.7 Å². The summed E-state index contributed by atoms with van der Waals surface area (Å²) in [5.74, 6) is -0.868. The number of pyridine rings is 1. The predicted molar refractivity (Wildman–Crippen MR) is 109 cm³/mol. The second kappa shape index (κ2) is 8.19. The summed E-state index contributed by atoms with van der Waals surface area (Å²) in [6, 6.07) is 9.77. The van der Waals surface area contributed by atoms with Crippen molar-refractivity contribution in [2.75, 3.05) is 12.4 Å². The fourth-order valence-corrected chi connectivity index (χ4v) is 3.43. The molecule has 4 aromatic rings. The highest BCUT2D eigenvalue weighted by Gasteiger charge is 2.35. The molecule has 2 aromatic carbocycles. The maximum Gasteiger partial charge on any atom is 0.417 e. The normalized spacial score (nSPS) is 11.6. The lowest BCUT2D eigenvalue weighted by Crippen LogP contribution is -2.19. The van der Waals surface area contributed by atoms with E-state index in [-0.39, 0.29) is 0 Å². The van der Waals surface area contributed by atoms with Crippen LogP contribution in [0.15, 0.2) is 67.4 Å². The fourth-order valence-electron chi connectivity index (χ4n) is 3.43. The number of amides is 1. The third-order valence-corrected chi connectivity index (χ3v) is 4.73. The maximum atomic E-state index is 13.3. The van der Waals surface area contributed by atoms with Gasteiger partial charge in [-0.15, -0.1) is 0 Å². The van der Waals surface area contributed by atoms with Crippen molar-refractivity contribution >= 4 is 22.5 Å². The first-order valence-electron chi connectivity index (χ1n) is 9.25. The number of imidazole rings is 1. The Bertz CT molecular complexity index is 1240. The molecule has 0 atom stereocenters. The molecule has 0 radical (unpaired) electrons. The van der Waals surface area contributed by atoms with Crippen LogP contribution in [0.3, 0.4) is 0 Å². The zero-order valence-corrected chi connectivity index (χ0v) is 16.3. The highest BCUT2D eigenvalue weighted by Crippen LogP contribution is 2.33. The number of benzene rings is 2. The number of methoxy groups -OCH3 is 1. The van der Waals surface area contributed by atoms with Crippen LogP contribution in [0.1, 0.15) is 21.5 Å². The standard InChI is InChI=1S/C22H17F3N4O2/c1-31-12-14-11-27-19-16(20(14)29-10-9-26-13-29)6-4-8-18(19)28-21(30)15-5-2-3-7-17(15)22(23,24)25/h2-11,13H,12H2,1H3,(H,28,30). The molecule has 158 valence electrons. The first kappa shape index (κ1) is 20.5. The first-order valence-corrected chi connectivity index (χ1v) is 9.25. The van der Waals surface area contributed by atoms with Crippen molar-refractivity contribution in [1.29, 1.82) is 0 Å². The van der Waals surface area contributed by atoms with Crippen LogP contribution in [0.25, 0.3) is 16.6 Å². The zero-order chi connectivity index (χ0) is 22.0. The van der Waals surface area contributed by atoms with Gasteiger partial charge in [0.25, 0.3) is 5.91 Å². The Balaban J connectivity index is 1.80. The summed E-state index contributed by atoms with van der Waals surface area (Å²) >= 11 is 0. The number of aromatic nitrogens is 3. The minimum Gasteiger partial charge on any atom is -0.380 e. The summed E-state index contributed by atoms with van der Waals surface area (Å²) in [4.78, 5) is 21.2. The van der Waals surface area contributed by atoms with Gasteiger partial charge in [0.05, 0.1) is 41.0 Å². The Labute approximate surface area is 175 Å². The average Bonchev–Trinajstić information content (AvgIpc) is 3.27. The summed E-state index contributed by atoms with van der Waals surface area (Å²) in [6.45, 7) is 0.298. The monoisotopic (exact) mass is 426 g/mol. The lowest BCUT2D eigenvalue weighted by atomic mass is 10.1. The van der Waals surface area contributed by atoms with Crippen LogP contribution in [0.4, 0.5) is 18.9 Å². The number of carbonyl (C=O) groups is 1. The molecule has 0 aliphatic heterocycles. The third kappa shape index (κ3) is 3.99. The number of hydrogen-bond donors (Lipinski definition) is 1. The van der Waals surface area contributed by atoms with E-state index in [2.05, 4.69) is 15.3 Å². The van der Waals surface area contributed by atoms with E-state index in [1.807, 2.05) is 6.07 Å². The van der Waals surface area contributed by atoms with Crippen molar-refractivity contribution in [3.63, 3.8) is 0 Å². The van der Waals surface area contributed by atoms with Crippen molar-refractivity contribution < 1.29 is 22.7 Å². The smallest absolute Gasteiger partial charge is 0.380 e. The van der Waals surface area contributed by atoms with Crippen molar-refractivity contribution in [2.24, 2.45) is 0 Å². The highest BCUT2D eigenvalue weighted by molar-refractivity contribution is 6.10. The summed E-state index contributed by atoms with van der Waals surface area (Å²) < 4.78 is 47.0. The molecule has 2 heterocycles. The van der Waals surface area contributed by atoms with Gasteiger partial charge in [0.1, 0.15) is 0 Å². The van der Waals surface area contributed by atoms with Crippen molar-refractivity contribution in [3.05, 3.63) is 84.1 Å². The first-order chi connectivity index (χ1) is 14.9. The Morgan fingerprint density at radius 2 is 1.97 bits per heavy atom. The molecule has 0 unspecified atom stereocenters. The largest absolute Gasteiger partial charge is 0.417 e. The number of carbonyl (C=O) groups excluding carboxylic acids is 1. The van der Waals surface area contributed by atoms with E-state index >= 15 is 0 Å². The average molecular weight is 426 g/mol. The SMILES string of the molecule is COCc1cnc2c(NC(=O)c3ccccc3C(F)(F)F)cccc2c1-n1ccnc1. The van der Waals surface area contributed by atoms with Crippen LogP contribution in [-0.4, -0.2) is 27.6 Å². The van der Waals surface area contributed by atoms with Crippen LogP contribution in [0, 0.1) is 0 Å². The van der Waals surface area contributed by atoms with Gasteiger partial charge in [0, 0.05) is 36.7 Å². The van der Waals surface area contributed by atoms with Gasteiger partial charge in [-0.3, -0.25) is 9.78 Å². The van der Waals surface area contributed by atoms with Crippen molar-refractivity contribution in [2.45, 2.75) is 12.8 Å². The van der Waals surface area contributed by atoms with Gasteiger partial charge >= 0.3 is 6.18 Å². The van der Waals surface area contributed by atoms with Gasteiger partial charge < -0.3 is 14.6 Å². The summed E-state index contributed by atoms with van der Waals surface area (Å²) in [7, 11) is 1.57. The molecule has 31 heavy (non-hydrogen) atoms. The minimum absolute atomic E-state index is 0.296. The van der Waals surface area contributed by atoms with Gasteiger partial charge in [-0.05, 0) is 18.2 Å².